The molecule has 0 aliphatic carbocycles. The number of hydrogen-bond acceptors (Lipinski definition) is 5. The van der Waals surface area contributed by atoms with E-state index in [1.807, 2.05) is 0 Å². The van der Waals surface area contributed by atoms with Crippen molar-refractivity contribution in [2.75, 3.05) is 0 Å². The van der Waals surface area contributed by atoms with Gasteiger partial charge in [0, 0.05) is 36.6 Å². The molecular weight excluding hydrogens is 401 g/mol. The monoisotopic (exact) mass is 417 g/mol. The number of non-ortho nitro benzene ring substituents is 1. The van der Waals surface area contributed by atoms with Gasteiger partial charge in [-0.25, -0.2) is 9.07 Å². The number of carbonyl (C=O) groups excluding carboxylic acids is 1. The molecular formula is C22H16FN5O3. The number of carbonyl (C=O) groups is 1. The molecule has 154 valence electrons. The Morgan fingerprint density at radius 3 is 2.45 bits per heavy atom. The van der Waals surface area contributed by atoms with Crippen molar-refractivity contribution < 1.29 is 14.1 Å². The van der Waals surface area contributed by atoms with Gasteiger partial charge in [0.15, 0.2) is 0 Å². The zero-order valence-corrected chi connectivity index (χ0v) is 16.1. The summed E-state index contributed by atoms with van der Waals surface area (Å²) in [6.07, 6.45) is 3.25. The number of benzene rings is 2. The Morgan fingerprint density at radius 2 is 1.77 bits per heavy atom. The molecule has 2 aromatic heterocycles. The van der Waals surface area contributed by atoms with Crippen molar-refractivity contribution in [3.63, 3.8) is 0 Å². The number of aromatic nitrogens is 3. The molecule has 0 spiro atoms. The Bertz CT molecular complexity index is 1240. The lowest BCUT2D eigenvalue weighted by molar-refractivity contribution is -0.384. The van der Waals surface area contributed by atoms with Gasteiger partial charge in [-0.3, -0.25) is 19.9 Å². The third-order valence-electron chi connectivity index (χ3n) is 4.60. The molecule has 9 heteroatoms. The van der Waals surface area contributed by atoms with Crippen LogP contribution in [0, 0.1) is 15.9 Å². The topological polar surface area (TPSA) is 103 Å². The molecule has 0 bridgehead atoms. The summed E-state index contributed by atoms with van der Waals surface area (Å²) in [6, 6.07) is 16.8. The van der Waals surface area contributed by atoms with Gasteiger partial charge in [0.05, 0.1) is 16.3 Å². The molecule has 0 aliphatic rings. The van der Waals surface area contributed by atoms with Gasteiger partial charge in [0.25, 0.3) is 11.6 Å². The smallest absolute Gasteiger partial charge is 0.270 e. The van der Waals surface area contributed by atoms with Gasteiger partial charge in [-0.15, -0.1) is 0 Å². The van der Waals surface area contributed by atoms with Crippen LogP contribution in [0.2, 0.25) is 0 Å². The van der Waals surface area contributed by atoms with Gasteiger partial charge in [-0.2, -0.15) is 5.10 Å². The van der Waals surface area contributed by atoms with Crippen molar-refractivity contribution in [1.29, 1.82) is 0 Å². The van der Waals surface area contributed by atoms with E-state index in [-0.39, 0.29) is 29.2 Å². The van der Waals surface area contributed by atoms with E-state index in [2.05, 4.69) is 15.4 Å². The standard InChI is InChI=1S/C22H16FN5O3/c23-19-4-2-1-3-18(19)20-13-21(22(29)25-14-15-9-11-24-12-10-15)27(26-20)16-5-7-17(8-6-16)28(30)31/h1-13H,14H2,(H,25,29). The lowest BCUT2D eigenvalue weighted by Crippen LogP contribution is -2.25. The van der Waals surface area contributed by atoms with E-state index >= 15 is 0 Å². The minimum absolute atomic E-state index is 0.0890. The molecule has 4 rings (SSSR count). The molecule has 0 atom stereocenters. The highest BCUT2D eigenvalue weighted by Crippen LogP contribution is 2.25. The first-order valence-electron chi connectivity index (χ1n) is 9.30. The second-order valence-corrected chi connectivity index (χ2v) is 6.62. The van der Waals surface area contributed by atoms with E-state index in [0.29, 0.717) is 5.69 Å². The summed E-state index contributed by atoms with van der Waals surface area (Å²) in [5.41, 5.74) is 1.88. The summed E-state index contributed by atoms with van der Waals surface area (Å²) >= 11 is 0. The fraction of sp³-hybridized carbons (Fsp3) is 0.0455. The van der Waals surface area contributed by atoms with Gasteiger partial charge >= 0.3 is 0 Å². The Kier molecular flexibility index (Phi) is 5.48. The highest BCUT2D eigenvalue weighted by atomic mass is 19.1. The second kappa shape index (κ2) is 8.54. The van der Waals surface area contributed by atoms with Gasteiger partial charge in [0.2, 0.25) is 0 Å². The number of nitrogens with zero attached hydrogens (tertiary/aromatic N) is 4. The maximum Gasteiger partial charge on any atom is 0.270 e. The lowest BCUT2D eigenvalue weighted by atomic mass is 10.1. The van der Waals surface area contributed by atoms with Crippen LogP contribution in [0.4, 0.5) is 10.1 Å². The maximum absolute atomic E-state index is 14.3. The molecule has 0 aliphatic heterocycles. The van der Waals surface area contributed by atoms with Crippen LogP contribution in [0.5, 0.6) is 0 Å². The van der Waals surface area contributed by atoms with E-state index in [9.17, 15) is 19.3 Å². The van der Waals surface area contributed by atoms with Crippen molar-refractivity contribution in [1.82, 2.24) is 20.1 Å². The highest BCUT2D eigenvalue weighted by Gasteiger charge is 2.19. The van der Waals surface area contributed by atoms with Crippen molar-refractivity contribution >= 4 is 11.6 Å². The minimum atomic E-state index is -0.514. The van der Waals surface area contributed by atoms with E-state index < -0.39 is 16.6 Å². The molecule has 1 N–H and O–H groups in total. The van der Waals surface area contributed by atoms with Crippen LogP contribution in [0.15, 0.2) is 79.1 Å². The number of nitrogens with one attached hydrogen (secondary N) is 1. The predicted octanol–water partition coefficient (Wildman–Crippen LogP) is 3.91. The summed E-state index contributed by atoms with van der Waals surface area (Å²) < 4.78 is 15.6. The lowest BCUT2D eigenvalue weighted by Gasteiger charge is -2.08. The first-order chi connectivity index (χ1) is 15.0. The number of hydrogen-bond donors (Lipinski definition) is 1. The third kappa shape index (κ3) is 4.30. The first kappa shape index (κ1) is 19.9. The molecule has 0 fully saturated rings. The van der Waals surface area contributed by atoms with Crippen molar-refractivity contribution in [2.45, 2.75) is 6.54 Å². The molecule has 8 nitrogen and oxygen atoms in total. The normalized spacial score (nSPS) is 10.6. The summed E-state index contributed by atoms with van der Waals surface area (Å²) in [4.78, 5) is 27.3. The van der Waals surface area contributed by atoms with E-state index in [1.54, 1.807) is 42.7 Å². The summed E-state index contributed by atoms with van der Waals surface area (Å²) in [7, 11) is 0. The van der Waals surface area contributed by atoms with Gasteiger partial charge in [-0.1, -0.05) is 12.1 Å². The quantitative estimate of drug-likeness (QED) is 0.378. The zero-order chi connectivity index (χ0) is 21.8. The third-order valence-corrected chi connectivity index (χ3v) is 4.60. The SMILES string of the molecule is O=C(NCc1ccncc1)c1cc(-c2ccccc2F)nn1-c1ccc([N+](=O)[O-])cc1. The van der Waals surface area contributed by atoms with Crippen LogP contribution >= 0.6 is 0 Å². The molecule has 4 aromatic rings. The molecule has 2 heterocycles. The maximum atomic E-state index is 14.3. The Morgan fingerprint density at radius 1 is 1.06 bits per heavy atom. The van der Waals surface area contributed by atoms with E-state index in [4.69, 9.17) is 0 Å². The fourth-order valence-electron chi connectivity index (χ4n) is 3.03. The van der Waals surface area contributed by atoms with Crippen LogP contribution in [0.3, 0.4) is 0 Å². The fourth-order valence-corrected chi connectivity index (χ4v) is 3.03. The molecule has 0 unspecified atom stereocenters. The number of amides is 1. The van der Waals surface area contributed by atoms with Gasteiger partial charge in [-0.05, 0) is 48.0 Å². The summed E-state index contributed by atoms with van der Waals surface area (Å²) in [6.45, 7) is 0.266. The predicted molar refractivity (Wildman–Crippen MR) is 111 cm³/mol. The number of rotatable bonds is 6. The van der Waals surface area contributed by atoms with E-state index in [1.165, 1.54) is 41.1 Å². The second-order valence-electron chi connectivity index (χ2n) is 6.62. The van der Waals surface area contributed by atoms with Crippen LogP contribution in [-0.4, -0.2) is 25.6 Å². The summed E-state index contributed by atoms with van der Waals surface area (Å²) in [5.74, 6) is -0.898. The molecule has 0 saturated heterocycles. The van der Waals surface area contributed by atoms with Gasteiger partial charge in [0.1, 0.15) is 11.5 Å². The van der Waals surface area contributed by atoms with Crippen molar-refractivity contribution in [3.05, 3.63) is 106 Å². The van der Waals surface area contributed by atoms with Crippen LogP contribution in [-0.2, 0) is 6.54 Å². The zero-order valence-electron chi connectivity index (χ0n) is 16.1. The number of halogens is 1. The largest absolute Gasteiger partial charge is 0.347 e. The van der Waals surface area contributed by atoms with Crippen molar-refractivity contribution in [2.24, 2.45) is 0 Å². The molecule has 31 heavy (non-hydrogen) atoms. The van der Waals surface area contributed by atoms with Crippen LogP contribution in [0.1, 0.15) is 16.1 Å². The molecule has 2 aromatic carbocycles. The average molecular weight is 417 g/mol. The highest BCUT2D eigenvalue weighted by molar-refractivity contribution is 5.94. The Balaban J connectivity index is 1.72. The average Bonchev–Trinajstić information content (AvgIpc) is 3.24. The minimum Gasteiger partial charge on any atom is -0.347 e. The molecule has 0 saturated carbocycles. The first-order valence-corrected chi connectivity index (χ1v) is 9.30. The Labute approximate surface area is 176 Å². The number of nitro benzene ring substituents is 1. The Hall–Kier alpha value is -4.40. The molecule has 0 radical (unpaired) electrons. The van der Waals surface area contributed by atoms with Crippen LogP contribution < -0.4 is 5.32 Å². The van der Waals surface area contributed by atoms with Gasteiger partial charge < -0.3 is 5.32 Å². The van der Waals surface area contributed by atoms with Crippen LogP contribution in [0.25, 0.3) is 16.9 Å². The van der Waals surface area contributed by atoms with Crippen molar-refractivity contribution in [3.8, 4) is 16.9 Å². The molecule has 1 amide bonds. The number of pyridine rings is 1. The summed E-state index contributed by atoms with van der Waals surface area (Å²) in [5, 5.41) is 18.1. The number of nitro groups is 1. The van der Waals surface area contributed by atoms with E-state index in [0.717, 1.165) is 5.56 Å².